The van der Waals surface area contributed by atoms with E-state index in [-0.39, 0.29) is 17.9 Å². The smallest absolute Gasteiger partial charge is 0.275 e. The molecule has 2 amide bonds. The Kier molecular flexibility index (Phi) is 5.24. The molecule has 1 heterocycles. The number of nitrogens with zero attached hydrogens (tertiary/aromatic N) is 3. The Bertz CT molecular complexity index is 1250. The summed E-state index contributed by atoms with van der Waals surface area (Å²) >= 11 is 0. The summed E-state index contributed by atoms with van der Waals surface area (Å²) in [6.45, 7) is 2.63. The van der Waals surface area contributed by atoms with Gasteiger partial charge in [-0.05, 0) is 81.2 Å². The second-order valence-electron chi connectivity index (χ2n) is 9.93. The predicted molar refractivity (Wildman–Crippen MR) is 130 cm³/mol. The van der Waals surface area contributed by atoms with Gasteiger partial charge in [-0.2, -0.15) is 5.10 Å². The van der Waals surface area contributed by atoms with E-state index in [1.807, 2.05) is 46.0 Å². The maximum Gasteiger partial charge on any atom is 0.275 e. The Labute approximate surface area is 200 Å². The van der Waals surface area contributed by atoms with Crippen molar-refractivity contribution in [1.29, 1.82) is 0 Å². The minimum atomic E-state index is -0.0125. The minimum absolute atomic E-state index is 0.0125. The summed E-state index contributed by atoms with van der Waals surface area (Å²) in [5, 5.41) is 7.91. The molecule has 0 saturated heterocycles. The third-order valence-corrected chi connectivity index (χ3v) is 7.21. The van der Waals surface area contributed by atoms with Crippen molar-refractivity contribution in [1.82, 2.24) is 20.0 Å². The molecular weight excluding hydrogens is 424 g/mol. The lowest BCUT2D eigenvalue weighted by atomic mass is 10.1. The molecule has 3 aliphatic carbocycles. The lowest BCUT2D eigenvalue weighted by Gasteiger charge is -2.22. The summed E-state index contributed by atoms with van der Waals surface area (Å²) in [5.41, 5.74) is 6.84. The third kappa shape index (κ3) is 4.02. The van der Waals surface area contributed by atoms with E-state index in [2.05, 4.69) is 24.4 Å². The van der Waals surface area contributed by atoms with Crippen LogP contribution in [0.5, 0.6) is 0 Å². The summed E-state index contributed by atoms with van der Waals surface area (Å²) in [6, 6.07) is 16.5. The van der Waals surface area contributed by atoms with Gasteiger partial charge in [0.1, 0.15) is 0 Å². The van der Waals surface area contributed by atoms with Crippen LogP contribution in [0.4, 0.5) is 0 Å². The average molecular weight is 455 g/mol. The average Bonchev–Trinajstić information content (AvgIpc) is 3.76. The van der Waals surface area contributed by atoms with Crippen LogP contribution in [-0.2, 0) is 19.4 Å². The molecule has 0 bridgehead atoms. The van der Waals surface area contributed by atoms with Gasteiger partial charge in [0.2, 0.25) is 0 Å². The molecule has 0 aliphatic heterocycles. The van der Waals surface area contributed by atoms with Gasteiger partial charge >= 0.3 is 0 Å². The van der Waals surface area contributed by atoms with Crippen LogP contribution in [0.15, 0.2) is 48.5 Å². The quantitative estimate of drug-likeness (QED) is 0.577. The first kappa shape index (κ1) is 21.1. The maximum absolute atomic E-state index is 13.8. The summed E-state index contributed by atoms with van der Waals surface area (Å²) in [4.78, 5) is 28.1. The predicted octanol–water partition coefficient (Wildman–Crippen LogP) is 4.37. The molecular formula is C28H30N4O2. The number of rotatable bonds is 7. The number of amides is 2. The van der Waals surface area contributed by atoms with Crippen LogP contribution in [0.25, 0.3) is 5.69 Å². The zero-order chi connectivity index (χ0) is 23.2. The van der Waals surface area contributed by atoms with Crippen LogP contribution in [-0.4, -0.2) is 38.6 Å². The van der Waals surface area contributed by atoms with Crippen LogP contribution < -0.4 is 5.32 Å². The van der Waals surface area contributed by atoms with Crippen LogP contribution in [0.2, 0.25) is 0 Å². The number of carbonyl (C=O) groups is 2. The Hall–Kier alpha value is -3.41. The Morgan fingerprint density at radius 2 is 1.79 bits per heavy atom. The Morgan fingerprint density at radius 3 is 2.50 bits per heavy atom. The number of carbonyl (C=O) groups excluding carboxylic acids is 2. The molecule has 2 fully saturated rings. The molecule has 2 saturated carbocycles. The van der Waals surface area contributed by atoms with Gasteiger partial charge in [0, 0.05) is 35.4 Å². The van der Waals surface area contributed by atoms with Gasteiger partial charge in [-0.3, -0.25) is 9.59 Å². The third-order valence-electron chi connectivity index (χ3n) is 7.21. The highest BCUT2D eigenvalue weighted by Gasteiger charge is 2.37. The van der Waals surface area contributed by atoms with Crippen molar-refractivity contribution in [2.24, 2.45) is 0 Å². The van der Waals surface area contributed by atoms with Gasteiger partial charge in [-0.1, -0.05) is 30.3 Å². The van der Waals surface area contributed by atoms with E-state index in [4.69, 9.17) is 5.10 Å². The summed E-state index contributed by atoms with van der Waals surface area (Å²) < 4.78 is 2.00. The van der Waals surface area contributed by atoms with Gasteiger partial charge in [-0.25, -0.2) is 4.68 Å². The van der Waals surface area contributed by atoms with E-state index in [1.165, 1.54) is 5.69 Å². The SMILES string of the molecule is Cc1ccccc1-n1nc(C(=O)N(Cc2ccc(C(=O)NC3CC3)cc2)C2CC2)c2c1CCC2. The summed E-state index contributed by atoms with van der Waals surface area (Å²) in [7, 11) is 0. The standard InChI is InChI=1S/C28H30N4O2/c1-18-5-2-3-7-24(18)32-25-8-4-6-23(25)26(30-32)28(34)31(22-15-16-22)17-19-9-11-20(12-10-19)27(33)29-21-13-14-21/h2-3,5,7,9-12,21-22H,4,6,8,13-17H2,1H3,(H,29,33). The minimum Gasteiger partial charge on any atom is -0.349 e. The van der Waals surface area contributed by atoms with Crippen molar-refractivity contribution in [2.45, 2.75) is 70.5 Å². The molecule has 34 heavy (non-hydrogen) atoms. The van der Waals surface area contributed by atoms with Crippen LogP contribution in [0, 0.1) is 6.92 Å². The Balaban J connectivity index is 1.26. The monoisotopic (exact) mass is 454 g/mol. The fraction of sp³-hybridized carbons (Fsp3) is 0.393. The summed E-state index contributed by atoms with van der Waals surface area (Å²) in [5.74, 6) is 0.0185. The molecule has 0 spiro atoms. The van der Waals surface area contributed by atoms with Crippen molar-refractivity contribution in [3.63, 3.8) is 0 Å². The van der Waals surface area contributed by atoms with E-state index in [0.29, 0.717) is 23.8 Å². The number of aromatic nitrogens is 2. The molecule has 2 aromatic carbocycles. The van der Waals surface area contributed by atoms with Crippen molar-refractivity contribution in [3.05, 3.63) is 82.2 Å². The number of benzene rings is 2. The van der Waals surface area contributed by atoms with Crippen LogP contribution in [0.1, 0.15) is 75.3 Å². The zero-order valence-corrected chi connectivity index (χ0v) is 19.6. The van der Waals surface area contributed by atoms with Gasteiger partial charge < -0.3 is 10.2 Å². The molecule has 0 radical (unpaired) electrons. The molecule has 3 aromatic rings. The van der Waals surface area contributed by atoms with Crippen molar-refractivity contribution < 1.29 is 9.59 Å². The van der Waals surface area contributed by atoms with Crippen LogP contribution in [0.3, 0.4) is 0 Å². The second-order valence-corrected chi connectivity index (χ2v) is 9.93. The van der Waals surface area contributed by atoms with Gasteiger partial charge in [0.15, 0.2) is 5.69 Å². The van der Waals surface area contributed by atoms with E-state index in [1.54, 1.807) is 0 Å². The molecule has 6 nitrogen and oxygen atoms in total. The molecule has 1 aromatic heterocycles. The molecule has 0 unspecified atom stereocenters. The number of aryl methyl sites for hydroxylation is 1. The highest BCUT2D eigenvalue weighted by molar-refractivity contribution is 5.95. The van der Waals surface area contributed by atoms with Crippen molar-refractivity contribution >= 4 is 11.8 Å². The first-order chi connectivity index (χ1) is 16.6. The van der Waals surface area contributed by atoms with E-state index in [9.17, 15) is 9.59 Å². The summed E-state index contributed by atoms with van der Waals surface area (Å²) in [6.07, 6.45) is 7.15. The second kappa shape index (κ2) is 8.42. The molecule has 174 valence electrons. The highest BCUT2D eigenvalue weighted by atomic mass is 16.2. The molecule has 0 atom stereocenters. The van der Waals surface area contributed by atoms with Crippen molar-refractivity contribution in [3.8, 4) is 5.69 Å². The van der Waals surface area contributed by atoms with E-state index >= 15 is 0 Å². The Morgan fingerprint density at radius 1 is 1.03 bits per heavy atom. The van der Waals surface area contributed by atoms with Crippen LogP contribution >= 0.6 is 0 Å². The molecule has 6 rings (SSSR count). The largest absolute Gasteiger partial charge is 0.349 e. The fourth-order valence-electron chi connectivity index (χ4n) is 4.95. The van der Waals surface area contributed by atoms with E-state index in [0.717, 1.165) is 67.3 Å². The molecule has 1 N–H and O–H groups in total. The molecule has 6 heteroatoms. The van der Waals surface area contributed by atoms with Gasteiger partial charge in [0.05, 0.1) is 5.69 Å². The normalized spacial score (nSPS) is 16.9. The number of nitrogens with one attached hydrogen (secondary N) is 1. The highest BCUT2D eigenvalue weighted by Crippen LogP contribution is 2.34. The van der Waals surface area contributed by atoms with Crippen molar-refractivity contribution in [2.75, 3.05) is 0 Å². The van der Waals surface area contributed by atoms with E-state index < -0.39 is 0 Å². The van der Waals surface area contributed by atoms with Gasteiger partial charge in [-0.15, -0.1) is 0 Å². The zero-order valence-electron chi connectivity index (χ0n) is 19.6. The number of hydrogen-bond donors (Lipinski definition) is 1. The van der Waals surface area contributed by atoms with Gasteiger partial charge in [0.25, 0.3) is 11.8 Å². The number of para-hydroxylation sites is 1. The number of hydrogen-bond acceptors (Lipinski definition) is 3. The number of fused-ring (bicyclic) bond motifs is 1. The lowest BCUT2D eigenvalue weighted by molar-refractivity contribution is 0.0722. The first-order valence-electron chi connectivity index (χ1n) is 12.5. The molecule has 3 aliphatic rings. The fourth-order valence-corrected chi connectivity index (χ4v) is 4.95. The first-order valence-corrected chi connectivity index (χ1v) is 12.5. The topological polar surface area (TPSA) is 67.2 Å². The maximum atomic E-state index is 13.8. The lowest BCUT2D eigenvalue weighted by Crippen LogP contribution is -2.33.